The number of carbonyl (C=O) groups excluding carboxylic acids is 2. The van der Waals surface area contributed by atoms with Crippen LogP contribution in [0.2, 0.25) is 0 Å². The van der Waals surface area contributed by atoms with Crippen LogP contribution in [0.5, 0.6) is 0 Å². The first-order chi connectivity index (χ1) is 31.0. The summed E-state index contributed by atoms with van der Waals surface area (Å²) >= 11 is 0. The molecule has 0 rings (SSSR count). The number of allylic oxidation sites excluding steroid dienone is 6. The summed E-state index contributed by atoms with van der Waals surface area (Å²) in [5, 5.41) is 23.2. The quantitative estimate of drug-likeness (QED) is 0.0321. The lowest BCUT2D eigenvalue weighted by Crippen LogP contribution is -2.45. The number of amides is 1. The Kier molecular flexibility index (Phi) is 51.1. The minimum atomic E-state index is -0.673. The maximum Gasteiger partial charge on any atom is 0.305 e. The van der Waals surface area contributed by atoms with Gasteiger partial charge in [0.2, 0.25) is 5.91 Å². The van der Waals surface area contributed by atoms with Gasteiger partial charge in [-0.05, 0) is 77.0 Å². The number of hydrogen-bond acceptors (Lipinski definition) is 5. The molecule has 0 spiro atoms. The molecule has 0 fully saturated rings. The number of aliphatic hydroxyl groups excluding tert-OH is 2. The van der Waals surface area contributed by atoms with Crippen LogP contribution in [-0.4, -0.2) is 47.4 Å². The lowest BCUT2D eigenvalue weighted by atomic mass is 10.0. The normalized spacial score (nSPS) is 12.9. The van der Waals surface area contributed by atoms with Gasteiger partial charge in [-0.15, -0.1) is 0 Å². The molecule has 0 bridgehead atoms. The summed E-state index contributed by atoms with van der Waals surface area (Å²) < 4.78 is 5.45. The number of esters is 1. The zero-order valence-corrected chi connectivity index (χ0v) is 42.1. The van der Waals surface area contributed by atoms with Crippen LogP contribution in [0.1, 0.15) is 290 Å². The van der Waals surface area contributed by atoms with E-state index in [1.54, 1.807) is 0 Å². The van der Waals surface area contributed by atoms with E-state index in [0.29, 0.717) is 25.9 Å². The molecule has 0 saturated carbocycles. The first-order valence-electron chi connectivity index (χ1n) is 27.7. The molecule has 0 saturated heterocycles. The van der Waals surface area contributed by atoms with Gasteiger partial charge in [-0.3, -0.25) is 9.59 Å². The SMILES string of the molecule is CCC/C=C\C/C=C\CCCCCCCC(=O)OCCCCCCCCCCC/C=C\CCCCCCCC(=O)NC(CO)C(O)CCCCCCCCCCCCCCCCC. The van der Waals surface area contributed by atoms with E-state index in [-0.39, 0.29) is 18.5 Å². The van der Waals surface area contributed by atoms with Crippen molar-refractivity contribution in [3.63, 3.8) is 0 Å². The molecule has 6 nitrogen and oxygen atoms in total. The second kappa shape index (κ2) is 52.7. The molecule has 0 heterocycles. The number of hydrogen-bond donors (Lipinski definition) is 3. The lowest BCUT2D eigenvalue weighted by molar-refractivity contribution is -0.143. The van der Waals surface area contributed by atoms with Crippen LogP contribution >= 0.6 is 0 Å². The first-order valence-corrected chi connectivity index (χ1v) is 27.7. The van der Waals surface area contributed by atoms with Gasteiger partial charge in [0.1, 0.15) is 0 Å². The smallest absolute Gasteiger partial charge is 0.305 e. The molecule has 0 aliphatic rings. The number of aliphatic hydroxyl groups is 2. The van der Waals surface area contributed by atoms with E-state index in [1.165, 1.54) is 186 Å². The molecule has 0 aliphatic heterocycles. The summed E-state index contributed by atoms with van der Waals surface area (Å²) in [6.07, 6.45) is 64.1. The van der Waals surface area contributed by atoms with E-state index < -0.39 is 12.1 Å². The van der Waals surface area contributed by atoms with Crippen LogP contribution in [0.3, 0.4) is 0 Å². The molecule has 3 N–H and O–H groups in total. The zero-order chi connectivity index (χ0) is 45.8. The Morgan fingerprint density at radius 3 is 1.29 bits per heavy atom. The van der Waals surface area contributed by atoms with E-state index in [9.17, 15) is 19.8 Å². The van der Waals surface area contributed by atoms with Crippen molar-refractivity contribution in [2.75, 3.05) is 13.2 Å². The summed E-state index contributed by atoms with van der Waals surface area (Å²) in [6, 6.07) is -0.552. The Balaban J connectivity index is 3.46. The van der Waals surface area contributed by atoms with Gasteiger partial charge in [-0.1, -0.05) is 237 Å². The Hall–Kier alpha value is -1.92. The maximum absolute atomic E-state index is 12.5. The van der Waals surface area contributed by atoms with E-state index in [1.807, 2.05) is 0 Å². The minimum Gasteiger partial charge on any atom is -0.466 e. The third-order valence-corrected chi connectivity index (χ3v) is 12.6. The van der Waals surface area contributed by atoms with Crippen LogP contribution in [-0.2, 0) is 14.3 Å². The molecule has 370 valence electrons. The van der Waals surface area contributed by atoms with Crippen LogP contribution < -0.4 is 5.32 Å². The highest BCUT2D eigenvalue weighted by atomic mass is 16.5. The fraction of sp³-hybridized carbons (Fsp3) is 0.860. The maximum atomic E-state index is 12.5. The van der Waals surface area contributed by atoms with Crippen LogP contribution in [0.15, 0.2) is 36.5 Å². The second-order valence-electron chi connectivity index (χ2n) is 18.9. The van der Waals surface area contributed by atoms with Crippen LogP contribution in [0.25, 0.3) is 0 Å². The van der Waals surface area contributed by atoms with Crippen molar-refractivity contribution in [2.45, 2.75) is 302 Å². The van der Waals surface area contributed by atoms with Crippen molar-refractivity contribution in [3.05, 3.63) is 36.5 Å². The van der Waals surface area contributed by atoms with Gasteiger partial charge in [0, 0.05) is 12.8 Å². The van der Waals surface area contributed by atoms with E-state index in [2.05, 4.69) is 55.6 Å². The fourth-order valence-electron chi connectivity index (χ4n) is 8.38. The largest absolute Gasteiger partial charge is 0.466 e. The van der Waals surface area contributed by atoms with Crippen molar-refractivity contribution in [3.8, 4) is 0 Å². The highest BCUT2D eigenvalue weighted by Gasteiger charge is 2.20. The molecule has 2 atom stereocenters. The molecule has 0 aromatic carbocycles. The van der Waals surface area contributed by atoms with Crippen LogP contribution in [0.4, 0.5) is 0 Å². The van der Waals surface area contributed by atoms with Crippen molar-refractivity contribution in [2.24, 2.45) is 0 Å². The van der Waals surface area contributed by atoms with Crippen molar-refractivity contribution in [1.29, 1.82) is 0 Å². The molecule has 0 aromatic heterocycles. The summed E-state index contributed by atoms with van der Waals surface area (Å²) in [5.74, 6) is -0.0619. The van der Waals surface area contributed by atoms with Gasteiger partial charge < -0.3 is 20.3 Å². The summed E-state index contributed by atoms with van der Waals surface area (Å²) in [5.41, 5.74) is 0. The van der Waals surface area contributed by atoms with E-state index >= 15 is 0 Å². The molecule has 63 heavy (non-hydrogen) atoms. The van der Waals surface area contributed by atoms with Gasteiger partial charge in [-0.2, -0.15) is 0 Å². The van der Waals surface area contributed by atoms with E-state index in [4.69, 9.17) is 4.74 Å². The molecule has 0 radical (unpaired) electrons. The third kappa shape index (κ3) is 49.4. The van der Waals surface area contributed by atoms with Crippen LogP contribution in [0, 0.1) is 0 Å². The van der Waals surface area contributed by atoms with Crippen molar-refractivity contribution >= 4 is 11.9 Å². The Morgan fingerprint density at radius 1 is 0.444 bits per heavy atom. The van der Waals surface area contributed by atoms with Gasteiger partial charge in [-0.25, -0.2) is 0 Å². The average Bonchev–Trinajstić information content (AvgIpc) is 3.28. The Bertz CT molecular complexity index is 1020. The monoisotopic (exact) mass is 886 g/mol. The first kappa shape index (κ1) is 61.1. The molecule has 1 amide bonds. The highest BCUT2D eigenvalue weighted by Crippen LogP contribution is 2.16. The predicted molar refractivity (Wildman–Crippen MR) is 273 cm³/mol. The summed E-state index contributed by atoms with van der Waals surface area (Å²) in [4.78, 5) is 24.5. The average molecular weight is 886 g/mol. The molecule has 0 aromatic rings. The predicted octanol–water partition coefficient (Wildman–Crippen LogP) is 16.9. The van der Waals surface area contributed by atoms with Gasteiger partial charge in [0.05, 0.1) is 25.4 Å². The molecular weight excluding hydrogens is 779 g/mol. The van der Waals surface area contributed by atoms with Gasteiger partial charge >= 0.3 is 5.97 Å². The number of ether oxygens (including phenoxy) is 1. The second-order valence-corrected chi connectivity index (χ2v) is 18.9. The fourth-order valence-corrected chi connectivity index (χ4v) is 8.38. The molecule has 6 heteroatoms. The van der Waals surface area contributed by atoms with E-state index in [0.717, 1.165) is 70.6 Å². The summed E-state index contributed by atoms with van der Waals surface area (Å²) in [7, 11) is 0. The number of nitrogens with one attached hydrogen (secondary N) is 1. The van der Waals surface area contributed by atoms with Gasteiger partial charge in [0.15, 0.2) is 0 Å². The number of unbranched alkanes of at least 4 members (excludes halogenated alkanes) is 34. The van der Waals surface area contributed by atoms with Crippen molar-refractivity contribution < 1.29 is 24.5 Å². The molecular formula is C57H107NO5. The standard InChI is InChI=1S/C57H107NO5/c1-3-5-7-9-11-13-15-17-22-26-29-33-37-41-45-49-55(60)54(53-59)58-56(61)50-46-42-38-34-30-27-23-20-18-19-21-24-28-32-36-40-44-48-52-63-57(62)51-47-43-39-35-31-25-16-14-12-10-8-6-4-2/h8,10,14,16,20,23,54-55,59-60H,3-7,9,11-13,15,17-19,21-22,24-53H2,1-2H3,(H,58,61)/b10-8-,16-14-,23-20-. The number of carbonyl (C=O) groups is 2. The number of rotatable bonds is 51. The summed E-state index contributed by atoms with van der Waals surface area (Å²) in [6.45, 7) is 4.87. The molecule has 0 aliphatic carbocycles. The van der Waals surface area contributed by atoms with Gasteiger partial charge in [0.25, 0.3) is 0 Å². The lowest BCUT2D eigenvalue weighted by Gasteiger charge is -2.22. The topological polar surface area (TPSA) is 95.9 Å². The third-order valence-electron chi connectivity index (χ3n) is 12.6. The Morgan fingerprint density at radius 2 is 0.825 bits per heavy atom. The Labute approximate surface area is 392 Å². The minimum absolute atomic E-state index is 0.0127. The van der Waals surface area contributed by atoms with Crippen molar-refractivity contribution in [1.82, 2.24) is 5.32 Å². The highest BCUT2D eigenvalue weighted by molar-refractivity contribution is 5.76. The zero-order valence-electron chi connectivity index (χ0n) is 42.1. The molecule has 2 unspecified atom stereocenters.